The molecule has 1 aromatic rings. The quantitative estimate of drug-likeness (QED) is 0.585. The molecule has 1 rings (SSSR count). The maximum atomic E-state index is 9.70. The summed E-state index contributed by atoms with van der Waals surface area (Å²) in [5.74, 6) is -0.0508. The van der Waals surface area contributed by atoms with E-state index in [1.807, 2.05) is 6.92 Å². The molecule has 0 aromatic heterocycles. The Bertz CT molecular complexity index is 324. The second-order valence-corrected chi connectivity index (χ2v) is 3.59. The highest BCUT2D eigenvalue weighted by atomic mass is 16.3. The van der Waals surface area contributed by atoms with E-state index in [0.29, 0.717) is 0 Å². The molecular weight excluding hydrogens is 196 g/mol. The van der Waals surface area contributed by atoms with Crippen LogP contribution < -0.4 is 0 Å². The van der Waals surface area contributed by atoms with Crippen molar-refractivity contribution in [1.29, 1.82) is 0 Å². The Morgan fingerprint density at radius 1 is 1.27 bits per heavy atom. The molecule has 0 heterocycles. The number of aliphatic hydroxyl groups is 3. The van der Waals surface area contributed by atoms with Crippen LogP contribution in [0.25, 0.3) is 0 Å². The largest absolute Gasteiger partial charge is 0.508 e. The molecule has 0 fully saturated rings. The monoisotopic (exact) mass is 212 g/mol. The number of aryl methyl sites for hydroxylation is 1. The zero-order valence-electron chi connectivity index (χ0n) is 8.59. The van der Waals surface area contributed by atoms with Crippen LogP contribution in [0.4, 0.5) is 0 Å². The second kappa shape index (κ2) is 5.11. The van der Waals surface area contributed by atoms with Gasteiger partial charge in [-0.05, 0) is 25.5 Å². The van der Waals surface area contributed by atoms with Crippen LogP contribution in [0.2, 0.25) is 0 Å². The third kappa shape index (κ3) is 2.92. The molecule has 2 unspecified atom stereocenters. The zero-order chi connectivity index (χ0) is 11.4. The van der Waals surface area contributed by atoms with Gasteiger partial charge in [-0.2, -0.15) is 0 Å². The summed E-state index contributed by atoms with van der Waals surface area (Å²) in [5, 5.41) is 37.3. The van der Waals surface area contributed by atoms with Gasteiger partial charge in [-0.1, -0.05) is 11.6 Å². The van der Waals surface area contributed by atoms with Gasteiger partial charge in [-0.3, -0.25) is 0 Å². The van der Waals surface area contributed by atoms with Crippen LogP contribution in [-0.4, -0.2) is 33.1 Å². The van der Waals surface area contributed by atoms with E-state index in [-0.39, 0.29) is 24.3 Å². The van der Waals surface area contributed by atoms with Crippen LogP contribution in [0.15, 0.2) is 18.2 Å². The maximum Gasteiger partial charge on any atom is 0.121 e. The van der Waals surface area contributed by atoms with Crippen molar-refractivity contribution in [3.05, 3.63) is 29.3 Å². The molecule has 0 radical (unpaired) electrons. The van der Waals surface area contributed by atoms with Crippen molar-refractivity contribution < 1.29 is 20.4 Å². The Hall–Kier alpha value is -1.10. The average molecular weight is 212 g/mol. The molecule has 4 nitrogen and oxygen atoms in total. The lowest BCUT2D eigenvalue weighted by Crippen LogP contribution is -2.19. The lowest BCUT2D eigenvalue weighted by Gasteiger charge is -2.18. The van der Waals surface area contributed by atoms with Crippen molar-refractivity contribution in [1.82, 2.24) is 0 Å². The minimum absolute atomic E-state index is 0.0508. The molecule has 0 amide bonds. The summed E-state index contributed by atoms with van der Waals surface area (Å²) in [6, 6.07) is 4.80. The van der Waals surface area contributed by atoms with Crippen LogP contribution >= 0.6 is 0 Å². The van der Waals surface area contributed by atoms with Crippen molar-refractivity contribution in [2.45, 2.75) is 25.6 Å². The predicted molar refractivity (Wildman–Crippen MR) is 55.5 cm³/mol. The van der Waals surface area contributed by atoms with Gasteiger partial charge in [0.2, 0.25) is 0 Å². The molecule has 84 valence electrons. The lowest BCUT2D eigenvalue weighted by molar-refractivity contribution is 0.00302. The Balaban J connectivity index is 2.89. The molecule has 15 heavy (non-hydrogen) atoms. The highest BCUT2D eigenvalue weighted by Gasteiger charge is 2.20. The molecule has 0 saturated carbocycles. The summed E-state index contributed by atoms with van der Waals surface area (Å²) in [4.78, 5) is 0. The van der Waals surface area contributed by atoms with E-state index in [2.05, 4.69) is 0 Å². The van der Waals surface area contributed by atoms with Gasteiger partial charge < -0.3 is 20.4 Å². The Kier molecular flexibility index (Phi) is 4.08. The lowest BCUT2D eigenvalue weighted by atomic mass is 10.00. The summed E-state index contributed by atoms with van der Waals surface area (Å²) < 4.78 is 0. The zero-order valence-corrected chi connectivity index (χ0v) is 8.59. The van der Waals surface area contributed by atoms with Crippen LogP contribution in [0.3, 0.4) is 0 Å². The average Bonchev–Trinajstić information content (AvgIpc) is 2.21. The van der Waals surface area contributed by atoms with E-state index in [9.17, 15) is 15.3 Å². The number of hydrogen-bond acceptors (Lipinski definition) is 4. The molecule has 0 aliphatic heterocycles. The molecule has 4 heteroatoms. The maximum absolute atomic E-state index is 9.70. The van der Waals surface area contributed by atoms with Gasteiger partial charge in [0.05, 0.1) is 6.10 Å². The van der Waals surface area contributed by atoms with Gasteiger partial charge in [-0.15, -0.1) is 0 Å². The Morgan fingerprint density at radius 2 is 1.93 bits per heavy atom. The molecule has 0 saturated heterocycles. The van der Waals surface area contributed by atoms with Gasteiger partial charge in [0, 0.05) is 12.2 Å². The molecular formula is C11H16O4. The summed E-state index contributed by atoms with van der Waals surface area (Å²) in [5.41, 5.74) is 1.17. The Morgan fingerprint density at radius 3 is 2.53 bits per heavy atom. The fourth-order valence-electron chi connectivity index (χ4n) is 1.41. The molecule has 4 N–H and O–H groups in total. The predicted octanol–water partition coefficient (Wildman–Crippen LogP) is 0.477. The molecule has 1 aromatic carbocycles. The van der Waals surface area contributed by atoms with E-state index in [1.54, 1.807) is 12.1 Å². The van der Waals surface area contributed by atoms with Crippen molar-refractivity contribution in [3.8, 4) is 5.75 Å². The van der Waals surface area contributed by atoms with Crippen LogP contribution in [0.5, 0.6) is 5.75 Å². The van der Waals surface area contributed by atoms with Crippen molar-refractivity contribution in [3.63, 3.8) is 0 Å². The minimum atomic E-state index is -1.17. The Labute approximate surface area is 88.4 Å². The summed E-state index contributed by atoms with van der Waals surface area (Å²) >= 11 is 0. The fourth-order valence-corrected chi connectivity index (χ4v) is 1.41. The van der Waals surface area contributed by atoms with Gasteiger partial charge in [-0.25, -0.2) is 0 Å². The first-order chi connectivity index (χ1) is 7.06. The van der Waals surface area contributed by atoms with Gasteiger partial charge in [0.1, 0.15) is 11.9 Å². The van der Waals surface area contributed by atoms with Crippen molar-refractivity contribution in [2.24, 2.45) is 0 Å². The summed E-state index contributed by atoms with van der Waals surface area (Å²) in [6.07, 6.45) is -2.16. The van der Waals surface area contributed by atoms with E-state index in [4.69, 9.17) is 5.11 Å². The van der Waals surface area contributed by atoms with Gasteiger partial charge in [0.15, 0.2) is 0 Å². The van der Waals surface area contributed by atoms with E-state index in [1.165, 1.54) is 6.07 Å². The molecule has 0 aliphatic rings. The highest BCUT2D eigenvalue weighted by molar-refractivity contribution is 5.37. The van der Waals surface area contributed by atoms with E-state index >= 15 is 0 Å². The first-order valence-corrected chi connectivity index (χ1v) is 4.82. The first-order valence-electron chi connectivity index (χ1n) is 4.82. The molecule has 2 atom stereocenters. The SMILES string of the molecule is Cc1ccc(O)c(C(O)C(O)CCO)c1. The number of rotatable bonds is 4. The second-order valence-electron chi connectivity index (χ2n) is 3.59. The van der Waals surface area contributed by atoms with E-state index in [0.717, 1.165) is 5.56 Å². The third-order valence-electron chi connectivity index (χ3n) is 2.29. The normalized spacial score (nSPS) is 14.9. The first kappa shape index (κ1) is 12.0. The standard InChI is InChI=1S/C11H16O4/c1-7-2-3-9(13)8(6-7)11(15)10(14)4-5-12/h2-3,6,10-15H,4-5H2,1H3. The number of phenols is 1. The van der Waals surface area contributed by atoms with Crippen LogP contribution in [0.1, 0.15) is 23.7 Å². The van der Waals surface area contributed by atoms with E-state index < -0.39 is 12.2 Å². The third-order valence-corrected chi connectivity index (χ3v) is 2.29. The highest BCUT2D eigenvalue weighted by Crippen LogP contribution is 2.28. The fraction of sp³-hybridized carbons (Fsp3) is 0.455. The number of phenolic OH excluding ortho intramolecular Hbond substituents is 1. The molecule has 0 bridgehead atoms. The minimum Gasteiger partial charge on any atom is -0.508 e. The summed E-state index contributed by atoms with van der Waals surface area (Å²) in [6.45, 7) is 1.62. The summed E-state index contributed by atoms with van der Waals surface area (Å²) in [7, 11) is 0. The van der Waals surface area contributed by atoms with Crippen molar-refractivity contribution in [2.75, 3.05) is 6.61 Å². The molecule has 0 aliphatic carbocycles. The van der Waals surface area contributed by atoms with Crippen LogP contribution in [0, 0.1) is 6.92 Å². The van der Waals surface area contributed by atoms with Gasteiger partial charge >= 0.3 is 0 Å². The number of aromatic hydroxyl groups is 1. The number of hydrogen-bond donors (Lipinski definition) is 4. The number of aliphatic hydroxyl groups excluding tert-OH is 3. The molecule has 0 spiro atoms. The van der Waals surface area contributed by atoms with Crippen molar-refractivity contribution >= 4 is 0 Å². The number of benzene rings is 1. The van der Waals surface area contributed by atoms with Crippen LogP contribution in [-0.2, 0) is 0 Å². The van der Waals surface area contributed by atoms with Gasteiger partial charge in [0.25, 0.3) is 0 Å². The smallest absolute Gasteiger partial charge is 0.121 e. The topological polar surface area (TPSA) is 80.9 Å².